The Morgan fingerprint density at radius 2 is 1.76 bits per heavy atom. The number of aromatic nitrogens is 2. The lowest BCUT2D eigenvalue weighted by Crippen LogP contribution is -2.29. The molecule has 2 aromatic carbocycles. The fraction of sp³-hybridized carbons (Fsp3) is 0.348. The van der Waals surface area contributed by atoms with Gasteiger partial charge in [0.1, 0.15) is 0 Å². The molecule has 1 N–H and O–H groups in total. The summed E-state index contributed by atoms with van der Waals surface area (Å²) in [6.07, 6.45) is 0.802. The third-order valence-electron chi connectivity index (χ3n) is 5.19. The normalized spacial score (nSPS) is 13.3. The van der Waals surface area contributed by atoms with Crippen molar-refractivity contribution in [2.75, 3.05) is 5.32 Å². The molecule has 1 heterocycles. The molecule has 0 aliphatic rings. The summed E-state index contributed by atoms with van der Waals surface area (Å²) in [6, 6.07) is 13.3. The van der Waals surface area contributed by atoms with Crippen LogP contribution in [0.3, 0.4) is 0 Å². The third-order valence-corrected chi connectivity index (χ3v) is 6.25. The fourth-order valence-corrected chi connectivity index (χ4v) is 4.24. The van der Waals surface area contributed by atoms with E-state index in [1.165, 1.54) is 11.8 Å². The Labute approximate surface area is 175 Å². The van der Waals surface area contributed by atoms with Crippen LogP contribution in [-0.2, 0) is 4.79 Å². The maximum atomic E-state index is 13.1. The monoisotopic (exact) mass is 409 g/mol. The second-order valence-electron chi connectivity index (χ2n) is 7.36. The average Bonchev–Trinajstić information content (AvgIpc) is 2.70. The molecule has 29 heavy (non-hydrogen) atoms. The number of aryl methyl sites for hydroxylation is 2. The number of para-hydroxylation sites is 2. The molecule has 1 aromatic heterocycles. The summed E-state index contributed by atoms with van der Waals surface area (Å²) in [6.45, 7) is 9.84. The first-order valence-corrected chi connectivity index (χ1v) is 10.8. The van der Waals surface area contributed by atoms with E-state index in [4.69, 9.17) is 4.98 Å². The van der Waals surface area contributed by atoms with Crippen molar-refractivity contribution in [3.63, 3.8) is 0 Å². The van der Waals surface area contributed by atoms with Crippen LogP contribution in [0.5, 0.6) is 0 Å². The van der Waals surface area contributed by atoms with Gasteiger partial charge in [0.05, 0.1) is 16.2 Å². The van der Waals surface area contributed by atoms with Gasteiger partial charge in [-0.05, 0) is 57.4 Å². The van der Waals surface area contributed by atoms with Gasteiger partial charge in [0.25, 0.3) is 5.56 Å². The molecule has 0 aliphatic heterocycles. The number of nitrogens with zero attached hydrogens (tertiary/aromatic N) is 2. The third kappa shape index (κ3) is 4.37. The maximum Gasteiger partial charge on any atom is 0.262 e. The molecule has 0 saturated heterocycles. The van der Waals surface area contributed by atoms with Gasteiger partial charge < -0.3 is 5.32 Å². The van der Waals surface area contributed by atoms with Gasteiger partial charge in [0, 0.05) is 11.7 Å². The van der Waals surface area contributed by atoms with Gasteiger partial charge in [-0.2, -0.15) is 0 Å². The van der Waals surface area contributed by atoms with Crippen LogP contribution in [0.1, 0.15) is 44.4 Å². The zero-order chi connectivity index (χ0) is 21.1. The van der Waals surface area contributed by atoms with Crippen LogP contribution in [0.4, 0.5) is 5.69 Å². The molecule has 152 valence electrons. The quantitative estimate of drug-likeness (QED) is 0.454. The molecule has 3 rings (SSSR count). The Kier molecular flexibility index (Phi) is 6.42. The lowest BCUT2D eigenvalue weighted by Gasteiger charge is -2.20. The number of anilines is 1. The molecular formula is C23H27N3O2S. The van der Waals surface area contributed by atoms with Crippen LogP contribution in [-0.4, -0.2) is 20.7 Å². The van der Waals surface area contributed by atoms with E-state index in [1.54, 1.807) is 10.6 Å². The Bertz CT molecular complexity index is 1090. The molecule has 0 unspecified atom stereocenters. The fourth-order valence-electron chi connectivity index (χ4n) is 3.23. The lowest BCUT2D eigenvalue weighted by molar-refractivity contribution is -0.115. The highest BCUT2D eigenvalue weighted by atomic mass is 32.2. The van der Waals surface area contributed by atoms with Crippen molar-refractivity contribution >= 4 is 34.3 Å². The van der Waals surface area contributed by atoms with Gasteiger partial charge in [-0.3, -0.25) is 14.2 Å². The topological polar surface area (TPSA) is 64.0 Å². The van der Waals surface area contributed by atoms with Gasteiger partial charge in [-0.1, -0.05) is 49.0 Å². The summed E-state index contributed by atoms with van der Waals surface area (Å²) in [4.78, 5) is 30.7. The molecule has 3 aromatic rings. The zero-order valence-electron chi connectivity index (χ0n) is 17.5. The molecule has 2 atom stereocenters. The van der Waals surface area contributed by atoms with Crippen LogP contribution in [0.2, 0.25) is 0 Å². The second kappa shape index (κ2) is 8.82. The minimum atomic E-state index is -0.405. The number of rotatable bonds is 6. The molecule has 0 radical (unpaired) electrons. The molecule has 5 nitrogen and oxygen atoms in total. The minimum absolute atomic E-state index is 0.00372. The van der Waals surface area contributed by atoms with Gasteiger partial charge in [0.15, 0.2) is 5.16 Å². The summed E-state index contributed by atoms with van der Waals surface area (Å²) < 4.78 is 1.72. The van der Waals surface area contributed by atoms with Crippen molar-refractivity contribution in [3.8, 4) is 0 Å². The van der Waals surface area contributed by atoms with E-state index in [-0.39, 0.29) is 17.5 Å². The van der Waals surface area contributed by atoms with Crippen LogP contribution in [0.15, 0.2) is 52.4 Å². The van der Waals surface area contributed by atoms with Gasteiger partial charge in [0.2, 0.25) is 5.91 Å². The van der Waals surface area contributed by atoms with Crippen molar-refractivity contribution in [1.29, 1.82) is 0 Å². The summed E-state index contributed by atoms with van der Waals surface area (Å²) >= 11 is 1.32. The van der Waals surface area contributed by atoms with Gasteiger partial charge in [-0.15, -0.1) is 0 Å². The predicted octanol–water partition coefficient (Wildman–Crippen LogP) is 5.10. The molecular weight excluding hydrogens is 382 g/mol. The van der Waals surface area contributed by atoms with Crippen molar-refractivity contribution < 1.29 is 4.79 Å². The Balaban J connectivity index is 1.94. The van der Waals surface area contributed by atoms with Crippen LogP contribution < -0.4 is 10.9 Å². The van der Waals surface area contributed by atoms with Crippen LogP contribution in [0.25, 0.3) is 10.9 Å². The second-order valence-corrected chi connectivity index (χ2v) is 8.67. The first-order valence-electron chi connectivity index (χ1n) is 9.88. The van der Waals surface area contributed by atoms with Gasteiger partial charge >= 0.3 is 0 Å². The molecule has 1 amide bonds. The summed E-state index contributed by atoms with van der Waals surface area (Å²) in [5, 5.41) is 3.81. The van der Waals surface area contributed by atoms with E-state index in [0.29, 0.717) is 16.1 Å². The highest BCUT2D eigenvalue weighted by Gasteiger charge is 2.22. The minimum Gasteiger partial charge on any atom is -0.325 e. The molecule has 0 aliphatic carbocycles. The number of nitrogens with one attached hydrogen (secondary N) is 1. The van der Waals surface area contributed by atoms with E-state index in [2.05, 4.69) is 5.32 Å². The van der Waals surface area contributed by atoms with Crippen molar-refractivity contribution in [2.24, 2.45) is 0 Å². The number of carbonyl (C=O) groups is 1. The van der Waals surface area contributed by atoms with E-state index >= 15 is 0 Å². The van der Waals surface area contributed by atoms with Crippen molar-refractivity contribution in [1.82, 2.24) is 9.55 Å². The van der Waals surface area contributed by atoms with Gasteiger partial charge in [-0.25, -0.2) is 4.98 Å². The standard InChI is InChI=1S/C23H27N3O2S/c1-6-16(4)26-22(28)18-12-7-8-13-19(18)24-23(26)29-17(5)21(27)25-20-14(2)10-9-11-15(20)3/h7-13,16-17H,6H2,1-5H3,(H,25,27)/t16-,17-/m1/s1. The SMILES string of the molecule is CC[C@@H](C)n1c(S[C@H](C)C(=O)Nc2c(C)cccc2C)nc2ccccc2c1=O. The van der Waals surface area contributed by atoms with Crippen molar-refractivity contribution in [2.45, 2.75) is 57.5 Å². The smallest absolute Gasteiger partial charge is 0.262 e. The average molecular weight is 410 g/mol. The molecule has 0 fully saturated rings. The van der Waals surface area contributed by atoms with Crippen LogP contribution in [0, 0.1) is 13.8 Å². The van der Waals surface area contributed by atoms with E-state index in [9.17, 15) is 9.59 Å². The Hall–Kier alpha value is -2.60. The van der Waals surface area contributed by atoms with E-state index < -0.39 is 5.25 Å². The Morgan fingerprint density at radius 3 is 2.41 bits per heavy atom. The molecule has 0 bridgehead atoms. The zero-order valence-corrected chi connectivity index (χ0v) is 18.3. The number of amides is 1. The largest absolute Gasteiger partial charge is 0.325 e. The highest BCUT2D eigenvalue weighted by molar-refractivity contribution is 8.00. The summed E-state index contributed by atoms with van der Waals surface area (Å²) in [5.74, 6) is -0.106. The van der Waals surface area contributed by atoms with Crippen LogP contribution >= 0.6 is 11.8 Å². The molecule has 0 spiro atoms. The lowest BCUT2D eigenvalue weighted by atomic mass is 10.1. The van der Waals surface area contributed by atoms with E-state index in [0.717, 1.165) is 23.2 Å². The molecule has 6 heteroatoms. The number of carbonyl (C=O) groups excluding carboxylic acids is 1. The first-order chi connectivity index (χ1) is 13.8. The summed E-state index contributed by atoms with van der Waals surface area (Å²) in [7, 11) is 0. The number of thioether (sulfide) groups is 1. The number of hydrogen-bond donors (Lipinski definition) is 1. The highest BCUT2D eigenvalue weighted by Crippen LogP contribution is 2.27. The Morgan fingerprint density at radius 1 is 1.10 bits per heavy atom. The number of benzene rings is 2. The first kappa shape index (κ1) is 21.1. The van der Waals surface area contributed by atoms with Crippen molar-refractivity contribution in [3.05, 3.63) is 63.9 Å². The summed E-state index contributed by atoms with van der Waals surface area (Å²) in [5.41, 5.74) is 3.49. The molecule has 0 saturated carbocycles. The van der Waals surface area contributed by atoms with E-state index in [1.807, 2.05) is 71.0 Å². The number of hydrogen-bond acceptors (Lipinski definition) is 4. The maximum absolute atomic E-state index is 13.1. The predicted molar refractivity (Wildman–Crippen MR) is 121 cm³/mol. The number of fused-ring (bicyclic) bond motifs is 1.